The van der Waals surface area contributed by atoms with E-state index in [-0.39, 0.29) is 23.3 Å². The number of carboxylic acid groups (broad SMARTS) is 1. The Hall–Kier alpha value is -2.89. The molecule has 0 saturated heterocycles. The van der Waals surface area contributed by atoms with E-state index >= 15 is 0 Å². The monoisotopic (exact) mass is 382 g/mol. The van der Waals surface area contributed by atoms with Gasteiger partial charge < -0.3 is 15.2 Å². The molecule has 1 aliphatic heterocycles. The number of carbonyl (C=O) groups is 2. The van der Waals surface area contributed by atoms with Crippen LogP contribution in [0.25, 0.3) is 0 Å². The summed E-state index contributed by atoms with van der Waals surface area (Å²) in [7, 11) is 0. The lowest BCUT2D eigenvalue weighted by Crippen LogP contribution is -2.34. The van der Waals surface area contributed by atoms with Crippen LogP contribution in [0.1, 0.15) is 60.0 Å². The molecule has 0 spiro atoms. The summed E-state index contributed by atoms with van der Waals surface area (Å²) < 4.78 is 5.79. The Morgan fingerprint density at radius 3 is 2.79 bits per heavy atom. The van der Waals surface area contributed by atoms with Crippen molar-refractivity contribution in [2.75, 3.05) is 11.9 Å². The molecule has 2 N–H and O–H groups in total. The molecule has 2 heterocycles. The number of aromatic carboxylic acids is 1. The molecule has 0 fully saturated rings. The molecule has 1 aromatic heterocycles. The highest BCUT2D eigenvalue weighted by Gasteiger charge is 2.35. The molecular formula is C22H26N2O4. The fourth-order valence-electron chi connectivity index (χ4n) is 3.84. The third-order valence-electron chi connectivity index (χ3n) is 5.24. The highest BCUT2D eigenvalue weighted by atomic mass is 16.5. The van der Waals surface area contributed by atoms with Gasteiger partial charge in [0.05, 0.1) is 12.2 Å². The maximum Gasteiger partial charge on any atom is 0.335 e. The first-order valence-corrected chi connectivity index (χ1v) is 9.73. The topological polar surface area (TPSA) is 88.5 Å². The quantitative estimate of drug-likeness (QED) is 0.661. The molecule has 2 atom stereocenters. The van der Waals surface area contributed by atoms with Gasteiger partial charge in [-0.15, -0.1) is 0 Å². The van der Waals surface area contributed by atoms with Gasteiger partial charge in [0.2, 0.25) is 11.8 Å². The standard InChI is InChI=1S/C22H26N2O4/c1-3-6-17-16(8-5-12-28-21-14(2)7-4-11-23-21)18-13-15(22(26)27)9-10-19(18)24-20(17)25/h4,7,9-11,13,16-17H,3,5-6,8,12H2,1-2H3,(H,24,25)(H,26,27)/t16-,17+/m0/s1. The van der Waals surface area contributed by atoms with Crippen LogP contribution in [-0.4, -0.2) is 28.6 Å². The number of hydrogen-bond acceptors (Lipinski definition) is 4. The fraction of sp³-hybridized carbons (Fsp3) is 0.409. The van der Waals surface area contributed by atoms with Gasteiger partial charge >= 0.3 is 5.97 Å². The second-order valence-electron chi connectivity index (χ2n) is 7.21. The molecule has 148 valence electrons. The Balaban J connectivity index is 1.76. The lowest BCUT2D eigenvalue weighted by atomic mass is 9.76. The maximum absolute atomic E-state index is 12.6. The average molecular weight is 382 g/mol. The Morgan fingerprint density at radius 2 is 2.07 bits per heavy atom. The first-order chi connectivity index (χ1) is 13.5. The number of nitrogens with zero attached hydrogens (tertiary/aromatic N) is 1. The van der Waals surface area contributed by atoms with Crippen molar-refractivity contribution in [2.24, 2.45) is 5.92 Å². The zero-order valence-corrected chi connectivity index (χ0v) is 16.3. The minimum atomic E-state index is -0.959. The number of amides is 1. The summed E-state index contributed by atoms with van der Waals surface area (Å²) in [4.78, 5) is 28.2. The third kappa shape index (κ3) is 4.32. The zero-order chi connectivity index (χ0) is 20.1. The highest BCUT2D eigenvalue weighted by molar-refractivity contribution is 5.98. The van der Waals surface area contributed by atoms with Crippen LogP contribution in [0.3, 0.4) is 0 Å². The summed E-state index contributed by atoms with van der Waals surface area (Å²) in [6, 6.07) is 8.75. The van der Waals surface area contributed by atoms with Gasteiger partial charge in [0, 0.05) is 23.4 Å². The van der Waals surface area contributed by atoms with Crippen LogP contribution in [0.5, 0.6) is 5.88 Å². The summed E-state index contributed by atoms with van der Waals surface area (Å²) in [6.45, 7) is 4.51. The Kier molecular flexibility index (Phi) is 6.29. The third-order valence-corrected chi connectivity index (χ3v) is 5.24. The number of hydrogen-bond donors (Lipinski definition) is 2. The van der Waals surface area contributed by atoms with E-state index in [9.17, 15) is 14.7 Å². The zero-order valence-electron chi connectivity index (χ0n) is 16.3. The largest absolute Gasteiger partial charge is 0.478 e. The van der Waals surface area contributed by atoms with Gasteiger partial charge in [0.25, 0.3) is 0 Å². The molecule has 3 rings (SSSR count). The predicted octanol–water partition coefficient (Wildman–Crippen LogP) is 4.40. The van der Waals surface area contributed by atoms with Crippen LogP contribution in [0, 0.1) is 12.8 Å². The lowest BCUT2D eigenvalue weighted by molar-refractivity contribution is -0.121. The second-order valence-corrected chi connectivity index (χ2v) is 7.21. The van der Waals surface area contributed by atoms with E-state index in [0.717, 1.165) is 36.8 Å². The number of carbonyl (C=O) groups excluding carboxylic acids is 1. The van der Waals surface area contributed by atoms with E-state index in [4.69, 9.17) is 4.74 Å². The number of benzene rings is 1. The maximum atomic E-state index is 12.6. The van der Waals surface area contributed by atoms with Gasteiger partial charge in [0.1, 0.15) is 0 Å². The number of fused-ring (bicyclic) bond motifs is 1. The molecule has 0 bridgehead atoms. The summed E-state index contributed by atoms with van der Waals surface area (Å²) >= 11 is 0. The summed E-state index contributed by atoms with van der Waals surface area (Å²) in [5.41, 5.74) is 2.86. The molecule has 0 radical (unpaired) electrons. The number of rotatable bonds is 8. The minimum Gasteiger partial charge on any atom is -0.478 e. The molecule has 28 heavy (non-hydrogen) atoms. The number of carboxylic acids is 1. The number of aromatic nitrogens is 1. The molecule has 1 aliphatic rings. The molecular weight excluding hydrogens is 356 g/mol. The minimum absolute atomic E-state index is 0.0172. The number of nitrogens with one attached hydrogen (secondary N) is 1. The van der Waals surface area contributed by atoms with Gasteiger partial charge in [-0.05, 0) is 61.9 Å². The van der Waals surface area contributed by atoms with Gasteiger partial charge in [-0.3, -0.25) is 4.79 Å². The molecule has 2 aromatic rings. The van der Waals surface area contributed by atoms with Crippen LogP contribution in [0.15, 0.2) is 36.5 Å². The first kappa shape index (κ1) is 19.9. The molecule has 1 aromatic carbocycles. The normalized spacial score (nSPS) is 18.3. The van der Waals surface area contributed by atoms with E-state index < -0.39 is 5.97 Å². The van der Waals surface area contributed by atoms with Crippen LogP contribution in [0.2, 0.25) is 0 Å². The molecule has 0 unspecified atom stereocenters. The number of pyridine rings is 1. The summed E-state index contributed by atoms with van der Waals surface area (Å²) in [5, 5.41) is 12.3. The van der Waals surface area contributed by atoms with Gasteiger partial charge in [0.15, 0.2) is 0 Å². The van der Waals surface area contributed by atoms with E-state index in [2.05, 4.69) is 17.2 Å². The summed E-state index contributed by atoms with van der Waals surface area (Å²) in [6.07, 6.45) is 4.87. The molecule has 1 amide bonds. The van der Waals surface area contributed by atoms with Gasteiger partial charge in [-0.25, -0.2) is 9.78 Å². The van der Waals surface area contributed by atoms with Gasteiger partial charge in [-0.1, -0.05) is 19.4 Å². The Bertz CT molecular complexity index is 865. The van der Waals surface area contributed by atoms with Crippen LogP contribution < -0.4 is 10.1 Å². The van der Waals surface area contributed by atoms with Crippen molar-refractivity contribution in [1.82, 2.24) is 4.98 Å². The first-order valence-electron chi connectivity index (χ1n) is 9.73. The van der Waals surface area contributed by atoms with Crippen LogP contribution in [0.4, 0.5) is 5.69 Å². The van der Waals surface area contributed by atoms with E-state index in [0.29, 0.717) is 18.2 Å². The summed E-state index contributed by atoms with van der Waals surface area (Å²) in [5.74, 6) is -0.486. The van der Waals surface area contributed by atoms with Crippen molar-refractivity contribution in [2.45, 2.75) is 45.4 Å². The van der Waals surface area contributed by atoms with Crippen LogP contribution in [-0.2, 0) is 4.79 Å². The Labute approximate surface area is 164 Å². The second kappa shape index (κ2) is 8.87. The SMILES string of the molecule is CCC[C@H]1C(=O)Nc2ccc(C(=O)O)cc2[C@H]1CCCOc1ncccc1C. The lowest BCUT2D eigenvalue weighted by Gasteiger charge is -2.33. The van der Waals surface area contributed by atoms with Crippen molar-refractivity contribution in [3.63, 3.8) is 0 Å². The Morgan fingerprint density at radius 1 is 1.25 bits per heavy atom. The van der Waals surface area contributed by atoms with Crippen molar-refractivity contribution in [3.05, 3.63) is 53.2 Å². The molecule has 0 saturated carbocycles. The fourth-order valence-corrected chi connectivity index (χ4v) is 3.84. The van der Waals surface area contributed by atoms with E-state index in [1.54, 1.807) is 18.3 Å². The van der Waals surface area contributed by atoms with Crippen molar-refractivity contribution >= 4 is 17.6 Å². The van der Waals surface area contributed by atoms with E-state index in [1.165, 1.54) is 6.07 Å². The van der Waals surface area contributed by atoms with E-state index in [1.807, 2.05) is 19.1 Å². The van der Waals surface area contributed by atoms with Crippen molar-refractivity contribution in [3.8, 4) is 5.88 Å². The van der Waals surface area contributed by atoms with Crippen LogP contribution >= 0.6 is 0 Å². The molecule has 0 aliphatic carbocycles. The average Bonchev–Trinajstić information content (AvgIpc) is 2.68. The van der Waals surface area contributed by atoms with Gasteiger partial charge in [-0.2, -0.15) is 0 Å². The predicted molar refractivity (Wildman–Crippen MR) is 107 cm³/mol. The number of anilines is 1. The number of ether oxygens (including phenoxy) is 1. The molecule has 6 heteroatoms. The van der Waals surface area contributed by atoms with Crippen molar-refractivity contribution < 1.29 is 19.4 Å². The smallest absolute Gasteiger partial charge is 0.335 e. The van der Waals surface area contributed by atoms with Crippen molar-refractivity contribution in [1.29, 1.82) is 0 Å². The highest BCUT2D eigenvalue weighted by Crippen LogP contribution is 2.41. The molecule has 6 nitrogen and oxygen atoms in total. The number of aryl methyl sites for hydroxylation is 1.